The average Bonchev–Trinajstić information content (AvgIpc) is 2.78. The quantitative estimate of drug-likeness (QED) is 0.200. The van der Waals surface area contributed by atoms with E-state index in [-0.39, 0.29) is 31.2 Å². The van der Waals surface area contributed by atoms with Crippen molar-refractivity contribution in [2.24, 2.45) is 0 Å². The van der Waals surface area contributed by atoms with Crippen LogP contribution in [0, 0.1) is 0 Å². The Balaban J connectivity index is 0.00000289. The summed E-state index contributed by atoms with van der Waals surface area (Å²) in [6, 6.07) is 21.3. The maximum atomic E-state index is 12.8. The van der Waals surface area contributed by atoms with Crippen LogP contribution in [0.25, 0.3) is 28.2 Å². The van der Waals surface area contributed by atoms with Crippen molar-refractivity contribution in [2.75, 3.05) is 0 Å². The number of ether oxygens (including phenoxy) is 1. The normalized spacial score (nSPS) is 11.0. The van der Waals surface area contributed by atoms with Gasteiger partial charge in [0.2, 0.25) is 0 Å². The Labute approximate surface area is 201 Å². The molecular weight excluding hydrogens is 577 g/mol. The van der Waals surface area contributed by atoms with Crippen molar-refractivity contribution < 1.29 is 29.6 Å². The first-order chi connectivity index (χ1) is 14.8. The minimum absolute atomic E-state index is 0. The third-order valence-corrected chi connectivity index (χ3v) is 5.16. The van der Waals surface area contributed by atoms with Crippen LogP contribution < -0.4 is 4.74 Å². The first-order valence-corrected chi connectivity index (χ1v) is 10.2. The van der Waals surface area contributed by atoms with Gasteiger partial charge in [0, 0.05) is 37.3 Å². The van der Waals surface area contributed by atoms with E-state index in [1.807, 2.05) is 48.5 Å². The molecule has 0 saturated heterocycles. The molecule has 2 heterocycles. The van der Waals surface area contributed by atoms with E-state index in [1.165, 1.54) is 0 Å². The first-order valence-electron chi connectivity index (χ1n) is 10.2. The summed E-state index contributed by atoms with van der Waals surface area (Å²) >= 11 is 0. The predicted octanol–water partition coefficient (Wildman–Crippen LogP) is 6.45. The van der Waals surface area contributed by atoms with Gasteiger partial charge in [0.25, 0.3) is 0 Å². The summed E-state index contributed by atoms with van der Waals surface area (Å²) in [4.78, 5) is 21.8. The number of hydrogen-bond donors (Lipinski definition) is 0. The second kappa shape index (κ2) is 9.56. The Morgan fingerprint density at radius 3 is 2.47 bits per heavy atom. The molecule has 2 aromatic carbocycles. The molecule has 0 spiro atoms. The fourth-order valence-corrected chi connectivity index (χ4v) is 3.30. The number of carbonyl (C=O) groups excluding carboxylic acids is 1. The molecule has 0 aliphatic rings. The van der Waals surface area contributed by atoms with Gasteiger partial charge in [-0.25, -0.2) is 14.8 Å². The summed E-state index contributed by atoms with van der Waals surface area (Å²) < 4.78 is 5.84. The van der Waals surface area contributed by atoms with E-state index in [1.54, 1.807) is 24.4 Å². The van der Waals surface area contributed by atoms with Gasteiger partial charge in [-0.05, 0) is 46.9 Å². The molecule has 0 aliphatic heterocycles. The topological polar surface area (TPSA) is 52.1 Å². The van der Waals surface area contributed by atoms with Crippen molar-refractivity contribution in [2.45, 2.75) is 26.2 Å². The van der Waals surface area contributed by atoms with E-state index in [0.29, 0.717) is 5.75 Å². The van der Waals surface area contributed by atoms with Crippen molar-refractivity contribution in [1.29, 1.82) is 0 Å². The van der Waals surface area contributed by atoms with Gasteiger partial charge in [0.05, 0.1) is 11.2 Å². The molecule has 0 bridgehead atoms. The minimum Gasteiger partial charge on any atom is -0.421 e. The van der Waals surface area contributed by atoms with Crippen LogP contribution in [-0.4, -0.2) is 15.9 Å². The van der Waals surface area contributed by atoms with Gasteiger partial charge >= 0.3 is 5.97 Å². The van der Waals surface area contributed by atoms with Crippen LogP contribution >= 0.6 is 0 Å². The van der Waals surface area contributed by atoms with Gasteiger partial charge in [-0.3, -0.25) is 0 Å². The Bertz CT molecular complexity index is 1280. The van der Waals surface area contributed by atoms with Gasteiger partial charge in [0.15, 0.2) is 0 Å². The Morgan fingerprint density at radius 1 is 1.00 bits per heavy atom. The van der Waals surface area contributed by atoms with Crippen molar-refractivity contribution in [3.8, 4) is 17.0 Å². The van der Waals surface area contributed by atoms with Gasteiger partial charge in [-0.2, -0.15) is 0 Å². The number of carbonyl (C=O) groups is 1. The maximum Gasteiger partial charge on any atom is 0.362 e. The third kappa shape index (κ3) is 5.01. The second-order valence-electron chi connectivity index (χ2n) is 8.42. The molecule has 0 atom stereocenters. The van der Waals surface area contributed by atoms with Crippen LogP contribution in [0.1, 0.15) is 42.4 Å². The number of pyridine rings is 2. The van der Waals surface area contributed by atoms with E-state index in [9.17, 15) is 4.79 Å². The molecular formula is C27H24IrN2O2. The van der Waals surface area contributed by atoms with Gasteiger partial charge in [-0.1, -0.05) is 69.8 Å². The number of nitrogens with zero attached hydrogens (tertiary/aromatic N) is 2. The molecule has 5 heteroatoms. The molecule has 163 valence electrons. The fourth-order valence-electron chi connectivity index (χ4n) is 3.30. The Hall–Kier alpha value is -3.14. The monoisotopic (exact) mass is 601 g/mol. The zero-order valence-electron chi connectivity index (χ0n) is 18.3. The number of rotatable bonds is 4. The van der Waals surface area contributed by atoms with E-state index in [4.69, 9.17) is 9.72 Å². The van der Waals surface area contributed by atoms with Crippen LogP contribution in [0.5, 0.6) is 5.75 Å². The first kappa shape index (κ1) is 23.5. The molecule has 1 radical (unpaired) electrons. The summed E-state index contributed by atoms with van der Waals surface area (Å²) in [7, 11) is 0. The number of hydrogen-bond acceptors (Lipinski definition) is 4. The van der Waals surface area contributed by atoms with E-state index < -0.39 is 5.97 Å². The largest absolute Gasteiger partial charge is 0.421 e. The van der Waals surface area contributed by atoms with Crippen LogP contribution in [0.4, 0.5) is 0 Å². The molecule has 0 unspecified atom stereocenters. The molecule has 0 amide bonds. The van der Waals surface area contributed by atoms with Crippen molar-refractivity contribution in [3.63, 3.8) is 0 Å². The van der Waals surface area contributed by atoms with Crippen LogP contribution in [0.3, 0.4) is 0 Å². The van der Waals surface area contributed by atoms with Crippen LogP contribution in [-0.2, 0) is 25.5 Å². The van der Waals surface area contributed by atoms with Crippen LogP contribution in [0.2, 0.25) is 0 Å². The molecule has 32 heavy (non-hydrogen) atoms. The second-order valence-corrected chi connectivity index (χ2v) is 8.42. The minimum atomic E-state index is -0.510. The van der Waals surface area contributed by atoms with Gasteiger partial charge in [-0.15, -0.1) is 0 Å². The number of esters is 1. The molecule has 0 saturated carbocycles. The predicted molar refractivity (Wildman–Crippen MR) is 125 cm³/mol. The standard InChI is InChI=1S/C27H24N2O2.Ir/c1-5-18-10-14-24(28-17-18)26(30)31-25-16-20(27(2,3)4)12-13-21(25)23-15-11-19-8-6-7-9-22(19)29-23;/h5-17H,1H2,2-4H3;. The zero-order chi connectivity index (χ0) is 22.0. The summed E-state index contributed by atoms with van der Waals surface area (Å²) in [5, 5.41) is 1.06. The average molecular weight is 601 g/mol. The summed E-state index contributed by atoms with van der Waals surface area (Å²) in [6.07, 6.45) is 3.28. The summed E-state index contributed by atoms with van der Waals surface area (Å²) in [6.45, 7) is 10.1. The van der Waals surface area contributed by atoms with Gasteiger partial charge < -0.3 is 4.74 Å². The van der Waals surface area contributed by atoms with Crippen molar-refractivity contribution in [1.82, 2.24) is 9.97 Å². The molecule has 4 aromatic rings. The maximum absolute atomic E-state index is 12.8. The smallest absolute Gasteiger partial charge is 0.362 e. The van der Waals surface area contributed by atoms with Crippen molar-refractivity contribution >= 4 is 22.9 Å². The zero-order valence-corrected chi connectivity index (χ0v) is 20.7. The molecule has 0 aliphatic carbocycles. The fraction of sp³-hybridized carbons (Fsp3) is 0.148. The van der Waals surface area contributed by atoms with Crippen molar-refractivity contribution in [3.05, 3.63) is 96.3 Å². The Morgan fingerprint density at radius 2 is 1.78 bits per heavy atom. The molecule has 4 nitrogen and oxygen atoms in total. The number of fused-ring (bicyclic) bond motifs is 1. The summed E-state index contributed by atoms with van der Waals surface area (Å²) in [5.41, 5.74) is 4.44. The Kier molecular flexibility index (Phi) is 7.02. The molecule has 4 rings (SSSR count). The third-order valence-electron chi connectivity index (χ3n) is 5.16. The van der Waals surface area contributed by atoms with Crippen LogP contribution in [0.15, 0.2) is 79.5 Å². The number of aromatic nitrogens is 2. The SMILES string of the molecule is C=Cc1ccc(C(=O)Oc2cc(C(C)(C)C)ccc2-c2ccc3ccccc3n2)nc1.[Ir]. The van der Waals surface area contributed by atoms with Gasteiger partial charge in [0.1, 0.15) is 11.4 Å². The number of benzene rings is 2. The van der Waals surface area contributed by atoms with E-state index in [2.05, 4.69) is 38.4 Å². The van der Waals surface area contributed by atoms with E-state index >= 15 is 0 Å². The molecule has 0 fully saturated rings. The summed E-state index contributed by atoms with van der Waals surface area (Å²) in [5.74, 6) is -0.0430. The number of para-hydroxylation sites is 1. The van der Waals surface area contributed by atoms with E-state index in [0.717, 1.165) is 33.3 Å². The molecule has 0 N–H and O–H groups in total. The molecule has 2 aromatic heterocycles.